The molecule has 0 atom stereocenters. The Hall–Kier alpha value is -4.39. The van der Waals surface area contributed by atoms with Crippen molar-refractivity contribution in [3.8, 4) is 28.6 Å². The molecule has 0 bridgehead atoms. The molecule has 0 aliphatic rings. The second-order valence-electron chi connectivity index (χ2n) is 8.92. The van der Waals surface area contributed by atoms with Gasteiger partial charge in [0.15, 0.2) is 0 Å². The van der Waals surface area contributed by atoms with Crippen molar-refractivity contribution in [3.63, 3.8) is 0 Å². The smallest absolute Gasteiger partial charge is 0.204 e. The Morgan fingerprint density at radius 2 is 1.89 bits per heavy atom. The lowest BCUT2D eigenvalue weighted by atomic mass is 10.0. The fourth-order valence-corrected chi connectivity index (χ4v) is 4.34. The zero-order chi connectivity index (χ0) is 24.9. The fourth-order valence-electron chi connectivity index (χ4n) is 4.34. The second kappa shape index (κ2) is 10.5. The third-order valence-electron chi connectivity index (χ3n) is 5.95. The van der Waals surface area contributed by atoms with E-state index in [1.54, 1.807) is 0 Å². The number of nitrogens with one attached hydrogen (secondary N) is 1. The highest BCUT2D eigenvalue weighted by Crippen LogP contribution is 2.32. The lowest BCUT2D eigenvalue weighted by molar-refractivity contribution is 0.303. The van der Waals surface area contributed by atoms with Crippen LogP contribution in [0.5, 0.6) is 17.2 Å². The van der Waals surface area contributed by atoms with E-state index < -0.39 is 0 Å². The average molecular weight is 480 g/mol. The minimum atomic E-state index is 0.461. The van der Waals surface area contributed by atoms with Crippen molar-refractivity contribution in [2.75, 3.05) is 0 Å². The second-order valence-corrected chi connectivity index (χ2v) is 8.92. The zero-order valence-corrected chi connectivity index (χ0v) is 20.6. The molecule has 182 valence electrons. The number of benzene rings is 3. The van der Waals surface area contributed by atoms with Gasteiger partial charge >= 0.3 is 0 Å². The summed E-state index contributed by atoms with van der Waals surface area (Å²) in [7, 11) is 0. The molecular weight excluding hydrogens is 450 g/mol. The monoisotopic (exact) mass is 479 g/mol. The summed E-state index contributed by atoms with van der Waals surface area (Å²) >= 11 is 0. The van der Waals surface area contributed by atoms with Crippen LogP contribution in [-0.4, -0.2) is 25.2 Å². The van der Waals surface area contributed by atoms with Gasteiger partial charge < -0.3 is 14.0 Å². The molecule has 5 aromatic rings. The summed E-state index contributed by atoms with van der Waals surface area (Å²) in [6, 6.07) is 22.0. The Labute approximate surface area is 210 Å². The molecule has 7 nitrogen and oxygen atoms in total. The quantitative estimate of drug-likeness (QED) is 0.225. The van der Waals surface area contributed by atoms with Gasteiger partial charge in [0, 0.05) is 34.8 Å². The van der Waals surface area contributed by atoms with Gasteiger partial charge in [-0.25, -0.2) is 0 Å². The third-order valence-corrected chi connectivity index (χ3v) is 5.95. The van der Waals surface area contributed by atoms with Gasteiger partial charge in [0.05, 0.1) is 0 Å². The highest BCUT2D eigenvalue weighted by molar-refractivity contribution is 5.86. The first kappa shape index (κ1) is 23.4. The summed E-state index contributed by atoms with van der Waals surface area (Å²) in [6.07, 6.45) is 4.15. The molecule has 0 amide bonds. The number of tetrazole rings is 1. The number of hydrogen-bond acceptors (Lipinski definition) is 5. The predicted octanol–water partition coefficient (Wildman–Crippen LogP) is 6.72. The standard InChI is InChI=1S/C29H29N5O2/c1-4-6-26-25-15-16-34(18-20(2)3)27(25)13-14-28(26)35-19-21-7-5-8-24(17-21)36-23-11-9-22(10-12-23)29-30-32-33-31-29/h5,7-17H,2,4,6,18-19H2,1,3H3,(H,30,31,32,33). The summed E-state index contributed by atoms with van der Waals surface area (Å²) in [4.78, 5) is 0. The molecule has 0 aliphatic heterocycles. The van der Waals surface area contributed by atoms with Crippen LogP contribution >= 0.6 is 0 Å². The highest BCUT2D eigenvalue weighted by Gasteiger charge is 2.12. The number of rotatable bonds is 10. The van der Waals surface area contributed by atoms with Gasteiger partial charge in [0.25, 0.3) is 0 Å². The van der Waals surface area contributed by atoms with Crippen LogP contribution < -0.4 is 9.47 Å². The molecule has 36 heavy (non-hydrogen) atoms. The first-order valence-corrected chi connectivity index (χ1v) is 12.1. The molecule has 2 aromatic heterocycles. The summed E-state index contributed by atoms with van der Waals surface area (Å²) in [5, 5.41) is 15.3. The maximum absolute atomic E-state index is 6.33. The van der Waals surface area contributed by atoms with Crippen LogP contribution in [-0.2, 0) is 19.6 Å². The highest BCUT2D eigenvalue weighted by atomic mass is 16.5. The molecule has 2 heterocycles. The van der Waals surface area contributed by atoms with E-state index in [0.29, 0.717) is 12.4 Å². The van der Waals surface area contributed by atoms with Crippen LogP contribution in [0.2, 0.25) is 0 Å². The molecule has 1 N–H and O–H groups in total. The maximum Gasteiger partial charge on any atom is 0.204 e. The van der Waals surface area contributed by atoms with Gasteiger partial charge in [0.2, 0.25) is 5.82 Å². The van der Waals surface area contributed by atoms with Crippen LogP contribution in [0.4, 0.5) is 0 Å². The Balaban J connectivity index is 1.30. The van der Waals surface area contributed by atoms with Crippen molar-refractivity contribution in [3.05, 3.63) is 96.2 Å². The maximum atomic E-state index is 6.33. The molecule has 0 unspecified atom stereocenters. The van der Waals surface area contributed by atoms with Crippen LogP contribution in [0.1, 0.15) is 31.4 Å². The van der Waals surface area contributed by atoms with E-state index in [1.807, 2.05) is 48.5 Å². The Morgan fingerprint density at radius 3 is 2.64 bits per heavy atom. The van der Waals surface area contributed by atoms with Gasteiger partial charge in [-0.2, -0.15) is 5.21 Å². The van der Waals surface area contributed by atoms with Crippen molar-refractivity contribution in [2.24, 2.45) is 0 Å². The number of ether oxygens (including phenoxy) is 2. The number of fused-ring (bicyclic) bond motifs is 1. The van der Waals surface area contributed by atoms with E-state index in [0.717, 1.165) is 53.3 Å². The molecule has 7 heteroatoms. The summed E-state index contributed by atoms with van der Waals surface area (Å²) in [5.74, 6) is 2.97. The fraction of sp³-hybridized carbons (Fsp3) is 0.207. The number of aryl methyl sites for hydroxylation is 1. The predicted molar refractivity (Wildman–Crippen MR) is 141 cm³/mol. The minimum absolute atomic E-state index is 0.461. The molecule has 0 radical (unpaired) electrons. The van der Waals surface area contributed by atoms with Gasteiger partial charge in [-0.3, -0.25) is 0 Å². The van der Waals surface area contributed by atoms with E-state index in [2.05, 4.69) is 70.0 Å². The van der Waals surface area contributed by atoms with Crippen molar-refractivity contribution in [1.82, 2.24) is 25.2 Å². The average Bonchev–Trinajstić information content (AvgIpc) is 3.55. The number of aromatic amines is 1. The Bertz CT molecular complexity index is 1470. The Kier molecular flexibility index (Phi) is 6.80. The van der Waals surface area contributed by atoms with Crippen molar-refractivity contribution >= 4 is 10.9 Å². The molecule has 0 saturated heterocycles. The molecular formula is C29H29N5O2. The molecule has 0 fully saturated rings. The molecule has 0 aliphatic carbocycles. The molecule has 0 spiro atoms. The summed E-state index contributed by atoms with van der Waals surface area (Å²) < 4.78 is 14.6. The van der Waals surface area contributed by atoms with Crippen LogP contribution in [0.25, 0.3) is 22.3 Å². The van der Waals surface area contributed by atoms with Crippen LogP contribution in [0.3, 0.4) is 0 Å². The molecule has 0 saturated carbocycles. The van der Waals surface area contributed by atoms with Gasteiger partial charge in [-0.1, -0.05) is 37.6 Å². The van der Waals surface area contributed by atoms with Gasteiger partial charge in [0.1, 0.15) is 23.9 Å². The van der Waals surface area contributed by atoms with E-state index >= 15 is 0 Å². The van der Waals surface area contributed by atoms with Crippen molar-refractivity contribution < 1.29 is 9.47 Å². The summed E-state index contributed by atoms with van der Waals surface area (Å²) in [6.45, 7) is 9.59. The first-order chi connectivity index (χ1) is 17.6. The van der Waals surface area contributed by atoms with Crippen molar-refractivity contribution in [1.29, 1.82) is 0 Å². The summed E-state index contributed by atoms with van der Waals surface area (Å²) in [5.41, 5.74) is 5.51. The zero-order valence-electron chi connectivity index (χ0n) is 20.6. The van der Waals surface area contributed by atoms with E-state index in [9.17, 15) is 0 Å². The van der Waals surface area contributed by atoms with Crippen molar-refractivity contribution in [2.45, 2.75) is 39.8 Å². The number of nitrogens with zero attached hydrogens (tertiary/aromatic N) is 4. The topological polar surface area (TPSA) is 77.9 Å². The Morgan fingerprint density at radius 1 is 1.03 bits per heavy atom. The third kappa shape index (κ3) is 5.15. The van der Waals surface area contributed by atoms with E-state index in [4.69, 9.17) is 9.47 Å². The largest absolute Gasteiger partial charge is 0.489 e. The van der Waals surface area contributed by atoms with Gasteiger partial charge in [-0.05, 0) is 78.7 Å². The number of hydrogen-bond donors (Lipinski definition) is 1. The van der Waals surface area contributed by atoms with Gasteiger partial charge in [-0.15, -0.1) is 10.2 Å². The first-order valence-electron chi connectivity index (χ1n) is 12.1. The lowest BCUT2D eigenvalue weighted by Crippen LogP contribution is -2.01. The SMILES string of the molecule is C=C(C)Cn1ccc2c(CCC)c(OCc3cccc(Oc4ccc(-c5nn[nH]n5)cc4)c3)ccc21. The lowest BCUT2D eigenvalue weighted by Gasteiger charge is -2.14. The number of H-pyrrole nitrogens is 1. The van der Waals surface area contributed by atoms with Crippen LogP contribution in [0, 0.1) is 0 Å². The molecule has 5 rings (SSSR count). The van der Waals surface area contributed by atoms with Crippen LogP contribution in [0.15, 0.2) is 85.1 Å². The minimum Gasteiger partial charge on any atom is -0.489 e. The van der Waals surface area contributed by atoms with E-state index in [-0.39, 0.29) is 0 Å². The number of allylic oxidation sites excluding steroid dienone is 1. The normalized spacial score (nSPS) is 11.1. The van der Waals surface area contributed by atoms with E-state index in [1.165, 1.54) is 16.5 Å². The number of aromatic nitrogens is 5. The molecule has 3 aromatic carbocycles.